The van der Waals surface area contributed by atoms with E-state index in [1.54, 1.807) is 0 Å². The summed E-state index contributed by atoms with van der Waals surface area (Å²) in [5, 5.41) is 3.45. The van der Waals surface area contributed by atoms with Gasteiger partial charge in [-0.05, 0) is 12.1 Å². The Morgan fingerprint density at radius 3 is 2.86 bits per heavy atom. The second kappa shape index (κ2) is 8.17. The number of nitrogens with one attached hydrogen (secondary N) is 1. The van der Waals surface area contributed by atoms with E-state index in [1.165, 1.54) is 0 Å². The van der Waals surface area contributed by atoms with Crippen molar-refractivity contribution in [1.29, 1.82) is 0 Å². The molecule has 1 saturated heterocycles. The average molecular weight is 323 g/mol. The van der Waals surface area contributed by atoms with Gasteiger partial charge in [-0.15, -0.1) is 12.4 Å². The number of para-hydroxylation sites is 1. The molecule has 1 N–H and O–H groups in total. The summed E-state index contributed by atoms with van der Waals surface area (Å²) < 4.78 is 7.92. The van der Waals surface area contributed by atoms with E-state index in [0.717, 1.165) is 37.8 Å². The van der Waals surface area contributed by atoms with Crippen LogP contribution in [0, 0.1) is 0 Å². The van der Waals surface area contributed by atoms with Crippen LogP contribution in [0.25, 0.3) is 0 Å². The van der Waals surface area contributed by atoms with Crippen molar-refractivity contribution < 1.29 is 4.74 Å². The summed E-state index contributed by atoms with van der Waals surface area (Å²) in [4.78, 5) is 6.94. The maximum Gasteiger partial charge on any atom is 0.127 e. The van der Waals surface area contributed by atoms with Crippen LogP contribution < -0.4 is 10.1 Å². The molecule has 1 unspecified atom stereocenters. The summed E-state index contributed by atoms with van der Waals surface area (Å²) in [6, 6.07) is 10.3. The Labute approximate surface area is 137 Å². The highest BCUT2D eigenvalue weighted by molar-refractivity contribution is 5.85. The van der Waals surface area contributed by atoms with E-state index in [4.69, 9.17) is 4.74 Å². The molecule has 1 aliphatic rings. The van der Waals surface area contributed by atoms with Gasteiger partial charge in [-0.3, -0.25) is 4.90 Å². The van der Waals surface area contributed by atoms with Crippen LogP contribution in [0.2, 0.25) is 0 Å². The molecule has 0 radical (unpaired) electrons. The predicted octanol–water partition coefficient (Wildman–Crippen LogP) is 1.87. The normalized spacial score (nSPS) is 18.7. The van der Waals surface area contributed by atoms with E-state index in [9.17, 15) is 0 Å². The molecule has 5 nitrogen and oxygen atoms in total. The molecule has 3 rings (SSSR count). The lowest BCUT2D eigenvalue weighted by Gasteiger charge is -2.35. The third kappa shape index (κ3) is 4.00. The lowest BCUT2D eigenvalue weighted by atomic mass is 10.2. The molecule has 1 aromatic heterocycles. The molecule has 1 atom stereocenters. The van der Waals surface area contributed by atoms with Crippen LogP contribution in [-0.4, -0.2) is 47.2 Å². The standard InChI is InChI=1S/C16H22N4O.ClH/c1-19-9-8-18-16(19)15-13-17-7-10-20(15)11-12-21-14-5-3-2-4-6-14;/h2-6,8-9,15,17H,7,10-13H2,1H3;1H. The van der Waals surface area contributed by atoms with Gasteiger partial charge < -0.3 is 14.6 Å². The monoisotopic (exact) mass is 322 g/mol. The number of benzene rings is 1. The van der Waals surface area contributed by atoms with Gasteiger partial charge in [0, 0.05) is 45.6 Å². The van der Waals surface area contributed by atoms with Gasteiger partial charge in [0.15, 0.2) is 0 Å². The molecule has 1 fully saturated rings. The highest BCUT2D eigenvalue weighted by Crippen LogP contribution is 2.20. The maximum atomic E-state index is 5.82. The van der Waals surface area contributed by atoms with Crippen LogP contribution in [0.3, 0.4) is 0 Å². The summed E-state index contributed by atoms with van der Waals surface area (Å²) in [6.07, 6.45) is 3.87. The lowest BCUT2D eigenvalue weighted by molar-refractivity contribution is 0.127. The first kappa shape index (κ1) is 16.8. The SMILES string of the molecule is Cl.Cn1ccnc1C1CNCCN1CCOc1ccccc1. The molecule has 0 saturated carbocycles. The van der Waals surface area contributed by atoms with Gasteiger partial charge in [-0.25, -0.2) is 4.98 Å². The number of hydrogen-bond acceptors (Lipinski definition) is 4. The molecule has 2 aromatic rings. The topological polar surface area (TPSA) is 42.3 Å². The maximum absolute atomic E-state index is 5.82. The van der Waals surface area contributed by atoms with Crippen LogP contribution in [-0.2, 0) is 7.05 Å². The quantitative estimate of drug-likeness (QED) is 0.912. The minimum Gasteiger partial charge on any atom is -0.492 e. The second-order valence-corrected chi connectivity index (χ2v) is 5.31. The zero-order chi connectivity index (χ0) is 14.5. The lowest BCUT2D eigenvalue weighted by Crippen LogP contribution is -2.48. The van der Waals surface area contributed by atoms with Crippen molar-refractivity contribution in [2.45, 2.75) is 6.04 Å². The van der Waals surface area contributed by atoms with Crippen molar-refractivity contribution in [3.8, 4) is 5.75 Å². The number of piperazine rings is 1. The van der Waals surface area contributed by atoms with Gasteiger partial charge in [-0.1, -0.05) is 18.2 Å². The summed E-state index contributed by atoms with van der Waals surface area (Å²) >= 11 is 0. The zero-order valence-electron chi connectivity index (χ0n) is 12.8. The number of halogens is 1. The molecule has 1 aliphatic heterocycles. The molecule has 0 aliphatic carbocycles. The number of hydrogen-bond donors (Lipinski definition) is 1. The molecule has 2 heterocycles. The number of nitrogens with zero attached hydrogens (tertiary/aromatic N) is 3. The molecule has 120 valence electrons. The van der Waals surface area contributed by atoms with Crippen molar-refractivity contribution >= 4 is 12.4 Å². The summed E-state index contributed by atoms with van der Waals surface area (Å²) in [5.74, 6) is 2.04. The Morgan fingerprint density at radius 2 is 2.14 bits per heavy atom. The number of rotatable bonds is 5. The van der Waals surface area contributed by atoms with Gasteiger partial charge in [0.05, 0.1) is 6.04 Å². The number of aromatic nitrogens is 2. The summed E-state index contributed by atoms with van der Waals surface area (Å²) in [5.41, 5.74) is 0. The fourth-order valence-corrected chi connectivity index (χ4v) is 2.76. The van der Waals surface area contributed by atoms with Crippen molar-refractivity contribution in [2.75, 3.05) is 32.8 Å². The highest BCUT2D eigenvalue weighted by atomic mass is 35.5. The van der Waals surface area contributed by atoms with Gasteiger partial charge in [0.25, 0.3) is 0 Å². The van der Waals surface area contributed by atoms with E-state index in [0.29, 0.717) is 12.6 Å². The van der Waals surface area contributed by atoms with Crippen molar-refractivity contribution in [3.63, 3.8) is 0 Å². The Balaban J connectivity index is 0.00000176. The number of aryl methyl sites for hydroxylation is 1. The molecule has 0 bridgehead atoms. The van der Waals surface area contributed by atoms with Gasteiger partial charge >= 0.3 is 0 Å². The van der Waals surface area contributed by atoms with Crippen LogP contribution in [0.15, 0.2) is 42.7 Å². The van der Waals surface area contributed by atoms with Crippen LogP contribution in [0.4, 0.5) is 0 Å². The molecule has 6 heteroatoms. The first-order valence-corrected chi connectivity index (χ1v) is 7.44. The molecule has 22 heavy (non-hydrogen) atoms. The molecule has 1 aromatic carbocycles. The zero-order valence-corrected chi connectivity index (χ0v) is 13.6. The van der Waals surface area contributed by atoms with Crippen molar-refractivity contribution in [2.24, 2.45) is 7.05 Å². The number of imidazole rings is 1. The van der Waals surface area contributed by atoms with Crippen LogP contribution in [0.1, 0.15) is 11.9 Å². The first-order valence-electron chi connectivity index (χ1n) is 7.44. The minimum atomic E-state index is 0. The van der Waals surface area contributed by atoms with E-state index in [1.807, 2.05) is 42.7 Å². The van der Waals surface area contributed by atoms with E-state index in [2.05, 4.69) is 26.8 Å². The summed E-state index contributed by atoms with van der Waals surface area (Å²) in [6.45, 7) is 4.59. The van der Waals surface area contributed by atoms with Gasteiger partial charge in [0.2, 0.25) is 0 Å². The highest BCUT2D eigenvalue weighted by Gasteiger charge is 2.26. The number of ether oxygens (including phenoxy) is 1. The van der Waals surface area contributed by atoms with E-state index < -0.39 is 0 Å². The van der Waals surface area contributed by atoms with Crippen LogP contribution in [0.5, 0.6) is 5.75 Å². The van der Waals surface area contributed by atoms with Gasteiger partial charge in [-0.2, -0.15) is 0 Å². The summed E-state index contributed by atoms with van der Waals surface area (Å²) in [7, 11) is 2.05. The van der Waals surface area contributed by atoms with E-state index in [-0.39, 0.29) is 12.4 Å². The molecular formula is C16H23ClN4O. The molecule has 0 amide bonds. The first-order chi connectivity index (χ1) is 10.3. The fraction of sp³-hybridized carbons (Fsp3) is 0.438. The third-order valence-corrected chi connectivity index (χ3v) is 3.90. The Bertz CT molecular complexity index is 560. The molecular weight excluding hydrogens is 300 g/mol. The van der Waals surface area contributed by atoms with Crippen LogP contribution >= 0.6 is 12.4 Å². The molecule has 0 spiro atoms. The van der Waals surface area contributed by atoms with Crippen molar-refractivity contribution in [3.05, 3.63) is 48.5 Å². The minimum absolute atomic E-state index is 0. The van der Waals surface area contributed by atoms with Crippen molar-refractivity contribution in [1.82, 2.24) is 19.8 Å². The van der Waals surface area contributed by atoms with Gasteiger partial charge in [0.1, 0.15) is 18.2 Å². The van der Waals surface area contributed by atoms with E-state index >= 15 is 0 Å². The predicted molar refractivity (Wildman–Crippen MR) is 89.6 cm³/mol. The second-order valence-electron chi connectivity index (χ2n) is 5.31. The Kier molecular flexibility index (Phi) is 6.24. The Hall–Kier alpha value is -1.56. The smallest absolute Gasteiger partial charge is 0.127 e. The largest absolute Gasteiger partial charge is 0.492 e. The third-order valence-electron chi connectivity index (χ3n) is 3.90. The average Bonchev–Trinajstić information content (AvgIpc) is 2.95. The fourth-order valence-electron chi connectivity index (χ4n) is 2.76. The Morgan fingerprint density at radius 1 is 1.32 bits per heavy atom.